The molecular formula is C55H59BN2. The topological polar surface area (TPSA) is 6.48 Å². The molecule has 0 radical (unpaired) electrons. The van der Waals surface area contributed by atoms with Crippen molar-refractivity contribution in [1.82, 2.24) is 0 Å². The van der Waals surface area contributed by atoms with E-state index >= 15 is 0 Å². The molecule has 0 aromatic heterocycles. The molecule has 6 aromatic carbocycles. The average molecular weight is 759 g/mol. The lowest BCUT2D eigenvalue weighted by atomic mass is 9.33. The van der Waals surface area contributed by atoms with Crippen molar-refractivity contribution in [3.8, 4) is 11.1 Å². The molecule has 2 heterocycles. The Labute approximate surface area is 348 Å². The van der Waals surface area contributed by atoms with Gasteiger partial charge in [-0.05, 0) is 138 Å². The number of fused-ring (bicyclic) bond motifs is 8. The normalized spacial score (nSPS) is 17.6. The van der Waals surface area contributed by atoms with E-state index in [9.17, 15) is 0 Å². The third-order valence-corrected chi connectivity index (χ3v) is 14.4. The standard InChI is InChI=1S/C55H59BN2/c1-33-27-47-50-48(28-33)58(45-20-16-19-39-49(45)37-17-14-15-18-38(37)55(39,12)13)46-31-41-40(53(8,9)32-54(41,10)11)30-43(46)56(50)42-29-35(52(5,6)7)23-26-44(42)57(47)36-24-21-34(22-25-36)51(2,3)4/h14-31H,32H2,1-13H3. The third kappa shape index (κ3) is 5.17. The van der Waals surface area contributed by atoms with Crippen molar-refractivity contribution in [3.63, 3.8) is 0 Å². The number of hydrogen-bond acceptors (Lipinski definition) is 2. The molecule has 4 aliphatic rings. The first-order chi connectivity index (χ1) is 27.2. The summed E-state index contributed by atoms with van der Waals surface area (Å²) in [5, 5.41) is 0. The molecule has 2 aliphatic carbocycles. The van der Waals surface area contributed by atoms with Gasteiger partial charge in [-0.15, -0.1) is 0 Å². The van der Waals surface area contributed by atoms with Gasteiger partial charge in [0.1, 0.15) is 0 Å². The summed E-state index contributed by atoms with van der Waals surface area (Å²) >= 11 is 0. The van der Waals surface area contributed by atoms with Gasteiger partial charge in [0.05, 0.1) is 5.69 Å². The predicted octanol–water partition coefficient (Wildman–Crippen LogP) is 12.9. The Morgan fingerprint density at radius 2 is 1.09 bits per heavy atom. The van der Waals surface area contributed by atoms with Crippen LogP contribution in [0.1, 0.15) is 128 Å². The highest BCUT2D eigenvalue weighted by molar-refractivity contribution is 7.00. The lowest BCUT2D eigenvalue weighted by Gasteiger charge is -2.45. The third-order valence-electron chi connectivity index (χ3n) is 14.4. The predicted molar refractivity (Wildman–Crippen MR) is 251 cm³/mol. The zero-order valence-electron chi connectivity index (χ0n) is 37.1. The minimum Gasteiger partial charge on any atom is -0.311 e. The summed E-state index contributed by atoms with van der Waals surface area (Å²) in [5.41, 5.74) is 24.5. The molecule has 2 aliphatic heterocycles. The van der Waals surface area contributed by atoms with Crippen molar-refractivity contribution in [2.75, 3.05) is 9.80 Å². The van der Waals surface area contributed by atoms with E-state index in [1.165, 1.54) is 101 Å². The first kappa shape index (κ1) is 37.3. The van der Waals surface area contributed by atoms with E-state index in [-0.39, 0.29) is 33.8 Å². The SMILES string of the molecule is Cc1cc2c3c(c1)N(c1cccc4c1-c1ccccc1C4(C)C)c1cc4c(cc1B3c1cc(C(C)(C)C)ccc1N2c1ccc(C(C)(C)C)cc1)C(C)(C)CC4(C)C. The van der Waals surface area contributed by atoms with Crippen molar-refractivity contribution in [2.45, 2.75) is 124 Å². The fraction of sp³-hybridized carbons (Fsp3) is 0.345. The highest BCUT2D eigenvalue weighted by atomic mass is 15.2. The second-order valence-electron chi connectivity index (χ2n) is 21.9. The smallest absolute Gasteiger partial charge is 0.252 e. The first-order valence-corrected chi connectivity index (χ1v) is 21.6. The highest BCUT2D eigenvalue weighted by Gasteiger charge is 2.49. The first-order valence-electron chi connectivity index (χ1n) is 21.6. The van der Waals surface area contributed by atoms with Gasteiger partial charge in [-0.2, -0.15) is 0 Å². The van der Waals surface area contributed by atoms with Crippen LogP contribution in [-0.4, -0.2) is 6.71 Å². The summed E-state index contributed by atoms with van der Waals surface area (Å²) in [6, 6.07) is 43.2. The molecule has 0 fully saturated rings. The quantitative estimate of drug-likeness (QED) is 0.162. The molecule has 2 nitrogen and oxygen atoms in total. The largest absolute Gasteiger partial charge is 0.311 e. The molecule has 0 saturated heterocycles. The van der Waals surface area contributed by atoms with Gasteiger partial charge in [0.2, 0.25) is 0 Å². The van der Waals surface area contributed by atoms with Crippen LogP contribution < -0.4 is 26.2 Å². The Kier molecular flexibility index (Phi) is 7.59. The number of hydrogen-bond donors (Lipinski definition) is 0. The molecular weight excluding hydrogens is 699 g/mol. The minimum absolute atomic E-state index is 0.00285. The van der Waals surface area contributed by atoms with Gasteiger partial charge in [-0.1, -0.05) is 150 Å². The van der Waals surface area contributed by atoms with Gasteiger partial charge < -0.3 is 9.80 Å². The van der Waals surface area contributed by atoms with Crippen LogP contribution >= 0.6 is 0 Å². The van der Waals surface area contributed by atoms with Gasteiger partial charge in [0.15, 0.2) is 0 Å². The number of anilines is 6. The molecule has 0 saturated carbocycles. The van der Waals surface area contributed by atoms with E-state index in [4.69, 9.17) is 0 Å². The van der Waals surface area contributed by atoms with Crippen LogP contribution in [0.2, 0.25) is 0 Å². The molecule has 6 aromatic rings. The monoisotopic (exact) mass is 758 g/mol. The Morgan fingerprint density at radius 1 is 0.500 bits per heavy atom. The molecule has 0 atom stereocenters. The molecule has 0 bridgehead atoms. The van der Waals surface area contributed by atoms with Crippen molar-refractivity contribution in [3.05, 3.63) is 148 Å². The van der Waals surface area contributed by atoms with Crippen LogP contribution in [0.25, 0.3) is 11.1 Å². The maximum atomic E-state index is 2.69. The van der Waals surface area contributed by atoms with Gasteiger partial charge >= 0.3 is 0 Å². The summed E-state index contributed by atoms with van der Waals surface area (Å²) in [7, 11) is 0. The van der Waals surface area contributed by atoms with E-state index in [0.29, 0.717) is 0 Å². The van der Waals surface area contributed by atoms with Crippen molar-refractivity contribution in [2.24, 2.45) is 0 Å². The fourth-order valence-corrected chi connectivity index (χ4v) is 11.6. The van der Waals surface area contributed by atoms with Crippen molar-refractivity contribution < 1.29 is 0 Å². The van der Waals surface area contributed by atoms with Crippen LogP contribution in [0.5, 0.6) is 0 Å². The second kappa shape index (κ2) is 11.8. The summed E-state index contributed by atoms with van der Waals surface area (Å²) in [6.07, 6.45) is 1.13. The summed E-state index contributed by atoms with van der Waals surface area (Å²) in [6.45, 7) is 31.0. The van der Waals surface area contributed by atoms with Gasteiger partial charge in [0.25, 0.3) is 6.71 Å². The molecule has 10 rings (SSSR count). The van der Waals surface area contributed by atoms with E-state index in [1.807, 2.05) is 0 Å². The molecule has 0 amide bonds. The van der Waals surface area contributed by atoms with E-state index in [2.05, 4.69) is 209 Å². The molecule has 292 valence electrons. The zero-order chi connectivity index (χ0) is 41.1. The number of aryl methyl sites for hydroxylation is 1. The van der Waals surface area contributed by atoms with E-state index in [0.717, 1.165) is 6.42 Å². The molecule has 58 heavy (non-hydrogen) atoms. The van der Waals surface area contributed by atoms with E-state index in [1.54, 1.807) is 0 Å². The maximum Gasteiger partial charge on any atom is 0.252 e. The fourth-order valence-electron chi connectivity index (χ4n) is 11.6. The van der Waals surface area contributed by atoms with Crippen LogP contribution in [0.15, 0.2) is 109 Å². The lowest BCUT2D eigenvalue weighted by molar-refractivity contribution is 0.403. The van der Waals surface area contributed by atoms with Crippen molar-refractivity contribution in [1.29, 1.82) is 0 Å². The van der Waals surface area contributed by atoms with Gasteiger partial charge in [0, 0.05) is 39.4 Å². The molecule has 0 unspecified atom stereocenters. The number of nitrogens with zero attached hydrogens (tertiary/aromatic N) is 2. The molecule has 0 N–H and O–H groups in total. The Morgan fingerprint density at radius 3 is 1.76 bits per heavy atom. The average Bonchev–Trinajstić information content (AvgIpc) is 3.50. The Balaban J connectivity index is 1.34. The Bertz CT molecular complexity index is 2710. The van der Waals surface area contributed by atoms with E-state index < -0.39 is 0 Å². The Hall–Kier alpha value is -5.02. The highest BCUT2D eigenvalue weighted by Crippen LogP contribution is 2.57. The van der Waals surface area contributed by atoms with Crippen molar-refractivity contribution >= 4 is 57.2 Å². The maximum absolute atomic E-state index is 2.69. The number of rotatable bonds is 2. The summed E-state index contributed by atoms with van der Waals surface area (Å²) < 4.78 is 0. The molecule has 3 heteroatoms. The second-order valence-corrected chi connectivity index (χ2v) is 21.9. The molecule has 0 spiro atoms. The van der Waals surface area contributed by atoms with Gasteiger partial charge in [-0.25, -0.2) is 0 Å². The summed E-state index contributed by atoms with van der Waals surface area (Å²) in [5.74, 6) is 0. The van der Waals surface area contributed by atoms with Crippen LogP contribution in [-0.2, 0) is 27.1 Å². The minimum atomic E-state index is -0.0998. The zero-order valence-corrected chi connectivity index (χ0v) is 37.1. The van der Waals surface area contributed by atoms with Crippen LogP contribution in [0.3, 0.4) is 0 Å². The lowest BCUT2D eigenvalue weighted by Crippen LogP contribution is -2.61. The van der Waals surface area contributed by atoms with Crippen LogP contribution in [0.4, 0.5) is 34.1 Å². The summed E-state index contributed by atoms with van der Waals surface area (Å²) in [4.78, 5) is 5.27. The van der Waals surface area contributed by atoms with Gasteiger partial charge in [-0.3, -0.25) is 0 Å². The number of benzene rings is 6. The van der Waals surface area contributed by atoms with Crippen LogP contribution in [0, 0.1) is 6.92 Å².